The van der Waals surface area contributed by atoms with Crippen LogP contribution in [0.15, 0.2) is 18.2 Å². The highest BCUT2D eigenvalue weighted by Crippen LogP contribution is 2.29. The molecule has 8 heteroatoms. The lowest BCUT2D eigenvalue weighted by molar-refractivity contribution is -0.385. The van der Waals surface area contributed by atoms with Crippen molar-refractivity contribution >= 4 is 29.3 Å². The van der Waals surface area contributed by atoms with Crippen LogP contribution in [-0.2, 0) is 4.79 Å². The van der Waals surface area contributed by atoms with Crippen molar-refractivity contribution in [2.75, 3.05) is 11.5 Å². The number of amides is 1. The quantitative estimate of drug-likeness (QED) is 0.645. The minimum Gasteiger partial charge on any atom is -0.479 e. The molecule has 1 atom stereocenters. The van der Waals surface area contributed by atoms with Crippen LogP contribution in [0.25, 0.3) is 0 Å². The third-order valence-electron chi connectivity index (χ3n) is 3.38. The Balaban J connectivity index is 2.34. The summed E-state index contributed by atoms with van der Waals surface area (Å²) in [4.78, 5) is 34.1. The molecule has 21 heavy (non-hydrogen) atoms. The summed E-state index contributed by atoms with van der Waals surface area (Å²) < 4.78 is 0. The van der Waals surface area contributed by atoms with Crippen molar-refractivity contribution in [1.29, 1.82) is 0 Å². The van der Waals surface area contributed by atoms with Crippen LogP contribution in [0.2, 0.25) is 0 Å². The highest BCUT2D eigenvalue weighted by molar-refractivity contribution is 7.99. The lowest BCUT2D eigenvalue weighted by atomic mass is 9.98. The fourth-order valence-corrected chi connectivity index (χ4v) is 3.49. The van der Waals surface area contributed by atoms with Gasteiger partial charge < -0.3 is 10.4 Å². The van der Waals surface area contributed by atoms with Crippen LogP contribution in [0, 0.1) is 17.0 Å². The molecule has 7 nitrogen and oxygen atoms in total. The summed E-state index contributed by atoms with van der Waals surface area (Å²) in [5, 5.41) is 22.8. The highest BCUT2D eigenvalue weighted by atomic mass is 32.2. The maximum absolute atomic E-state index is 12.3. The van der Waals surface area contributed by atoms with Crippen LogP contribution in [-0.4, -0.2) is 39.0 Å². The van der Waals surface area contributed by atoms with Crippen LogP contribution in [0.3, 0.4) is 0 Å². The van der Waals surface area contributed by atoms with Gasteiger partial charge in [-0.1, -0.05) is 6.07 Å². The van der Waals surface area contributed by atoms with Crippen LogP contribution in [0.4, 0.5) is 5.69 Å². The predicted octanol–water partition coefficient (Wildman–Crippen LogP) is 1.59. The number of aryl methyl sites for hydroxylation is 1. The Labute approximate surface area is 124 Å². The van der Waals surface area contributed by atoms with Gasteiger partial charge in [0.1, 0.15) is 11.1 Å². The van der Waals surface area contributed by atoms with Gasteiger partial charge in [0.15, 0.2) is 0 Å². The first kappa shape index (κ1) is 15.3. The molecule has 0 aromatic heterocycles. The minimum atomic E-state index is -1.35. The Bertz CT molecular complexity index is 611. The first-order chi connectivity index (χ1) is 9.85. The number of hydrogen-bond donors (Lipinski definition) is 2. The van der Waals surface area contributed by atoms with E-state index in [9.17, 15) is 24.8 Å². The maximum atomic E-state index is 12.3. The van der Waals surface area contributed by atoms with Gasteiger partial charge in [-0.05, 0) is 30.7 Å². The van der Waals surface area contributed by atoms with Gasteiger partial charge in [0.25, 0.3) is 11.6 Å². The van der Waals surface area contributed by atoms with Gasteiger partial charge in [-0.15, -0.1) is 0 Å². The zero-order chi connectivity index (χ0) is 15.6. The molecule has 2 rings (SSSR count). The summed E-state index contributed by atoms with van der Waals surface area (Å²) in [6.45, 7) is 1.71. The van der Waals surface area contributed by atoms with Crippen LogP contribution in [0.5, 0.6) is 0 Å². The Kier molecular flexibility index (Phi) is 4.17. The molecule has 1 aliphatic rings. The molecular weight excluding hydrogens is 296 g/mol. The highest BCUT2D eigenvalue weighted by Gasteiger charge is 2.44. The largest absolute Gasteiger partial charge is 0.479 e. The topological polar surface area (TPSA) is 110 Å². The van der Waals surface area contributed by atoms with Gasteiger partial charge in [-0.2, -0.15) is 11.8 Å². The molecule has 1 unspecified atom stereocenters. The summed E-state index contributed by atoms with van der Waals surface area (Å²) in [6, 6.07) is 4.18. The SMILES string of the molecule is Cc1ccc([N+](=O)[O-])c(C(=O)NC2(C(=O)O)CCSC2)c1. The molecule has 0 radical (unpaired) electrons. The number of carboxylic acids is 1. The monoisotopic (exact) mass is 310 g/mol. The van der Waals surface area contributed by atoms with Gasteiger partial charge in [0.05, 0.1) is 4.92 Å². The Hall–Kier alpha value is -2.09. The number of nitro groups is 1. The average Bonchev–Trinajstić information content (AvgIpc) is 2.88. The van der Waals surface area contributed by atoms with Gasteiger partial charge >= 0.3 is 5.97 Å². The fourth-order valence-electron chi connectivity index (χ4n) is 2.16. The second kappa shape index (κ2) is 5.72. The fraction of sp³-hybridized carbons (Fsp3) is 0.385. The van der Waals surface area contributed by atoms with Crippen LogP contribution < -0.4 is 5.32 Å². The standard InChI is InChI=1S/C13H14N2O5S/c1-8-2-3-10(15(19)20)9(6-8)11(16)14-13(12(17)18)4-5-21-7-13/h2-3,6H,4-5,7H2,1H3,(H,14,16)(H,17,18). The number of thioether (sulfide) groups is 1. The van der Waals surface area contributed by atoms with Crippen molar-refractivity contribution in [2.24, 2.45) is 0 Å². The van der Waals surface area contributed by atoms with E-state index in [1.165, 1.54) is 30.0 Å². The molecule has 2 N–H and O–H groups in total. The molecule has 0 saturated carbocycles. The Morgan fingerprint density at radius 2 is 2.19 bits per heavy atom. The van der Waals surface area contributed by atoms with Crippen molar-refractivity contribution < 1.29 is 19.6 Å². The molecule has 1 aromatic carbocycles. The zero-order valence-corrected chi connectivity index (χ0v) is 12.1. The number of benzene rings is 1. The first-order valence-electron chi connectivity index (χ1n) is 6.24. The summed E-state index contributed by atoms with van der Waals surface area (Å²) in [5.74, 6) is -0.956. The number of carboxylic acid groups (broad SMARTS) is 1. The number of nitro benzene ring substituents is 1. The number of rotatable bonds is 4. The molecular formula is C13H14N2O5S. The number of carbonyl (C=O) groups excluding carboxylic acids is 1. The van der Waals surface area contributed by atoms with Gasteiger partial charge in [0, 0.05) is 11.8 Å². The molecule has 112 valence electrons. The molecule has 1 fully saturated rings. The summed E-state index contributed by atoms with van der Waals surface area (Å²) >= 11 is 1.43. The zero-order valence-electron chi connectivity index (χ0n) is 11.3. The number of nitrogens with one attached hydrogen (secondary N) is 1. The third-order valence-corrected chi connectivity index (χ3v) is 4.57. The van der Waals surface area contributed by atoms with E-state index in [0.29, 0.717) is 17.7 Å². The minimum absolute atomic E-state index is 0.113. The van der Waals surface area contributed by atoms with Crippen molar-refractivity contribution in [3.8, 4) is 0 Å². The third kappa shape index (κ3) is 2.99. The van der Waals surface area contributed by atoms with Crippen LogP contribution in [0.1, 0.15) is 22.3 Å². The second-order valence-corrected chi connectivity index (χ2v) is 6.03. The molecule has 1 amide bonds. The summed E-state index contributed by atoms with van der Waals surface area (Å²) in [5.41, 5.74) is -1.10. The average molecular weight is 310 g/mol. The predicted molar refractivity (Wildman–Crippen MR) is 77.6 cm³/mol. The lowest BCUT2D eigenvalue weighted by Gasteiger charge is -2.24. The number of hydrogen-bond acceptors (Lipinski definition) is 5. The Morgan fingerprint density at radius 1 is 1.48 bits per heavy atom. The van der Waals surface area contributed by atoms with Gasteiger partial charge in [-0.3, -0.25) is 14.9 Å². The number of nitrogens with zero attached hydrogens (tertiary/aromatic N) is 1. The van der Waals surface area contributed by atoms with Gasteiger partial charge in [-0.25, -0.2) is 4.79 Å². The number of carbonyl (C=O) groups is 2. The van der Waals surface area contributed by atoms with Crippen LogP contribution >= 0.6 is 11.8 Å². The second-order valence-electron chi connectivity index (χ2n) is 4.92. The molecule has 1 saturated heterocycles. The number of aliphatic carboxylic acids is 1. The van der Waals surface area contributed by atoms with Gasteiger partial charge in [0.2, 0.25) is 0 Å². The van der Waals surface area contributed by atoms with E-state index in [-0.39, 0.29) is 17.0 Å². The Morgan fingerprint density at radius 3 is 2.71 bits per heavy atom. The smallest absolute Gasteiger partial charge is 0.330 e. The van der Waals surface area contributed by atoms with E-state index < -0.39 is 22.3 Å². The molecule has 0 bridgehead atoms. The van der Waals surface area contributed by atoms with Crippen molar-refractivity contribution in [3.63, 3.8) is 0 Å². The van der Waals surface area contributed by atoms with E-state index in [0.717, 1.165) is 0 Å². The lowest BCUT2D eigenvalue weighted by Crippen LogP contribution is -2.54. The first-order valence-corrected chi connectivity index (χ1v) is 7.40. The molecule has 0 aliphatic carbocycles. The van der Waals surface area contributed by atoms with E-state index >= 15 is 0 Å². The molecule has 1 aromatic rings. The molecule has 1 aliphatic heterocycles. The van der Waals surface area contributed by atoms with E-state index in [1.807, 2.05) is 0 Å². The van der Waals surface area contributed by atoms with Crippen molar-refractivity contribution in [2.45, 2.75) is 18.9 Å². The van der Waals surface area contributed by atoms with E-state index in [1.54, 1.807) is 6.92 Å². The van der Waals surface area contributed by atoms with Crippen molar-refractivity contribution in [3.05, 3.63) is 39.4 Å². The van der Waals surface area contributed by atoms with E-state index in [4.69, 9.17) is 0 Å². The summed E-state index contributed by atoms with van der Waals surface area (Å²) in [6.07, 6.45) is 0.304. The van der Waals surface area contributed by atoms with Crippen molar-refractivity contribution in [1.82, 2.24) is 5.32 Å². The normalized spacial score (nSPS) is 21.0. The maximum Gasteiger partial charge on any atom is 0.330 e. The molecule has 1 heterocycles. The van der Waals surface area contributed by atoms with E-state index in [2.05, 4.69) is 5.32 Å². The molecule has 0 spiro atoms. The summed E-state index contributed by atoms with van der Waals surface area (Å²) in [7, 11) is 0.